The number of nitrogens with zero attached hydrogens (tertiary/aromatic N) is 3. The zero-order valence-corrected chi connectivity index (χ0v) is 9.84. The zero-order chi connectivity index (χ0) is 10.7. The molecule has 14 heavy (non-hydrogen) atoms. The maximum absolute atomic E-state index is 5.92. The Bertz CT molecular complexity index is 312. The standard InChI is InChI=1S/C10H16ClN3/c1-7(2)5-14(4)10-8(3)9(11)12-6-13-10/h6-7H,5H2,1-4H3. The summed E-state index contributed by atoms with van der Waals surface area (Å²) in [6, 6.07) is 0. The van der Waals surface area contributed by atoms with Crippen molar-refractivity contribution in [2.75, 3.05) is 18.5 Å². The van der Waals surface area contributed by atoms with Crippen LogP contribution in [0.25, 0.3) is 0 Å². The van der Waals surface area contributed by atoms with Crippen LogP contribution in [-0.2, 0) is 0 Å². The quantitative estimate of drug-likeness (QED) is 0.723. The summed E-state index contributed by atoms with van der Waals surface area (Å²) in [6.45, 7) is 7.26. The predicted octanol–water partition coefficient (Wildman–Crippen LogP) is 2.53. The molecular formula is C10H16ClN3. The molecule has 1 rings (SSSR count). The van der Waals surface area contributed by atoms with Gasteiger partial charge in [-0.25, -0.2) is 9.97 Å². The SMILES string of the molecule is Cc1c(Cl)ncnc1N(C)CC(C)C. The maximum atomic E-state index is 5.92. The van der Waals surface area contributed by atoms with Gasteiger partial charge in [-0.3, -0.25) is 0 Å². The van der Waals surface area contributed by atoms with Crippen LogP contribution >= 0.6 is 11.6 Å². The van der Waals surface area contributed by atoms with Crippen LogP contribution in [0.15, 0.2) is 6.33 Å². The third-order valence-electron chi connectivity index (χ3n) is 2.00. The van der Waals surface area contributed by atoms with Crippen molar-refractivity contribution < 1.29 is 0 Å². The van der Waals surface area contributed by atoms with E-state index in [0.29, 0.717) is 11.1 Å². The lowest BCUT2D eigenvalue weighted by Gasteiger charge is -2.21. The van der Waals surface area contributed by atoms with E-state index in [-0.39, 0.29) is 0 Å². The van der Waals surface area contributed by atoms with Gasteiger partial charge in [0.15, 0.2) is 0 Å². The summed E-state index contributed by atoms with van der Waals surface area (Å²) in [7, 11) is 2.02. The van der Waals surface area contributed by atoms with Gasteiger partial charge in [0, 0.05) is 19.2 Å². The number of aromatic nitrogens is 2. The molecule has 0 amide bonds. The van der Waals surface area contributed by atoms with Gasteiger partial charge >= 0.3 is 0 Å². The summed E-state index contributed by atoms with van der Waals surface area (Å²) in [5.41, 5.74) is 0.942. The van der Waals surface area contributed by atoms with Gasteiger partial charge < -0.3 is 4.90 Å². The Labute approximate surface area is 90.1 Å². The highest BCUT2D eigenvalue weighted by atomic mass is 35.5. The number of hydrogen-bond donors (Lipinski definition) is 0. The van der Waals surface area contributed by atoms with Gasteiger partial charge in [0.1, 0.15) is 17.3 Å². The topological polar surface area (TPSA) is 29.0 Å². The van der Waals surface area contributed by atoms with Crippen LogP contribution in [0.4, 0.5) is 5.82 Å². The third-order valence-corrected chi connectivity index (χ3v) is 2.38. The minimum absolute atomic E-state index is 0.533. The van der Waals surface area contributed by atoms with Crippen molar-refractivity contribution in [1.29, 1.82) is 0 Å². The summed E-state index contributed by atoms with van der Waals surface area (Å²) < 4.78 is 0. The summed E-state index contributed by atoms with van der Waals surface area (Å²) in [5.74, 6) is 1.52. The highest BCUT2D eigenvalue weighted by molar-refractivity contribution is 6.30. The minimum Gasteiger partial charge on any atom is -0.359 e. The molecule has 0 bridgehead atoms. The fourth-order valence-electron chi connectivity index (χ4n) is 1.44. The van der Waals surface area contributed by atoms with E-state index in [0.717, 1.165) is 17.9 Å². The Hall–Kier alpha value is -0.830. The molecule has 3 nitrogen and oxygen atoms in total. The predicted molar refractivity (Wildman–Crippen MR) is 59.9 cm³/mol. The monoisotopic (exact) mass is 213 g/mol. The number of hydrogen-bond acceptors (Lipinski definition) is 3. The molecule has 0 spiro atoms. The molecule has 0 fully saturated rings. The summed E-state index contributed by atoms with van der Waals surface area (Å²) in [6.07, 6.45) is 1.50. The molecule has 0 aromatic carbocycles. The molecule has 0 saturated carbocycles. The number of anilines is 1. The van der Waals surface area contributed by atoms with E-state index in [1.807, 2.05) is 14.0 Å². The number of halogens is 1. The molecule has 1 heterocycles. The van der Waals surface area contributed by atoms with Gasteiger partial charge in [-0.2, -0.15) is 0 Å². The lowest BCUT2D eigenvalue weighted by Crippen LogP contribution is -2.24. The number of rotatable bonds is 3. The van der Waals surface area contributed by atoms with Gasteiger partial charge in [0.05, 0.1) is 0 Å². The van der Waals surface area contributed by atoms with E-state index in [2.05, 4.69) is 28.7 Å². The summed E-state index contributed by atoms with van der Waals surface area (Å²) in [5, 5.41) is 0.533. The first kappa shape index (κ1) is 11.2. The fourth-order valence-corrected chi connectivity index (χ4v) is 1.57. The largest absolute Gasteiger partial charge is 0.359 e. The van der Waals surface area contributed by atoms with Crippen LogP contribution in [0.3, 0.4) is 0 Å². The van der Waals surface area contributed by atoms with Gasteiger partial charge in [0.2, 0.25) is 0 Å². The fraction of sp³-hybridized carbons (Fsp3) is 0.600. The molecule has 4 heteroatoms. The second-order valence-corrected chi connectivity index (χ2v) is 4.25. The maximum Gasteiger partial charge on any atom is 0.137 e. The average Bonchev–Trinajstić information content (AvgIpc) is 2.08. The van der Waals surface area contributed by atoms with Gasteiger partial charge in [0.25, 0.3) is 0 Å². The first-order valence-electron chi connectivity index (χ1n) is 4.70. The van der Waals surface area contributed by atoms with Crippen LogP contribution in [-0.4, -0.2) is 23.6 Å². The van der Waals surface area contributed by atoms with Crippen molar-refractivity contribution >= 4 is 17.4 Å². The Morgan fingerprint density at radius 3 is 2.64 bits per heavy atom. The molecule has 0 aliphatic rings. The first-order valence-corrected chi connectivity index (χ1v) is 5.08. The summed E-state index contributed by atoms with van der Waals surface area (Å²) >= 11 is 5.92. The van der Waals surface area contributed by atoms with Gasteiger partial charge in [-0.1, -0.05) is 25.4 Å². The van der Waals surface area contributed by atoms with E-state index >= 15 is 0 Å². The first-order chi connectivity index (χ1) is 6.52. The Morgan fingerprint density at radius 2 is 2.07 bits per heavy atom. The molecule has 1 aromatic rings. The summed E-state index contributed by atoms with van der Waals surface area (Å²) in [4.78, 5) is 10.3. The van der Waals surface area contributed by atoms with Crippen molar-refractivity contribution in [2.24, 2.45) is 5.92 Å². The van der Waals surface area contributed by atoms with Gasteiger partial charge in [-0.15, -0.1) is 0 Å². The van der Waals surface area contributed by atoms with Crippen molar-refractivity contribution in [1.82, 2.24) is 9.97 Å². The van der Waals surface area contributed by atoms with E-state index in [4.69, 9.17) is 11.6 Å². The van der Waals surface area contributed by atoms with Crippen LogP contribution in [0.1, 0.15) is 19.4 Å². The molecule has 0 unspecified atom stereocenters. The van der Waals surface area contributed by atoms with E-state index in [1.165, 1.54) is 6.33 Å². The Balaban J connectivity index is 2.89. The molecule has 1 aromatic heterocycles. The average molecular weight is 214 g/mol. The van der Waals surface area contributed by atoms with Crippen LogP contribution in [0.2, 0.25) is 5.15 Å². The second-order valence-electron chi connectivity index (χ2n) is 3.89. The molecule has 0 aliphatic carbocycles. The van der Waals surface area contributed by atoms with Crippen molar-refractivity contribution in [3.05, 3.63) is 17.0 Å². The molecule has 0 N–H and O–H groups in total. The molecule has 0 saturated heterocycles. The molecule has 0 atom stereocenters. The zero-order valence-electron chi connectivity index (χ0n) is 9.08. The van der Waals surface area contributed by atoms with Crippen molar-refractivity contribution in [2.45, 2.75) is 20.8 Å². The lowest BCUT2D eigenvalue weighted by molar-refractivity contribution is 0.633. The Morgan fingerprint density at radius 1 is 1.43 bits per heavy atom. The Kier molecular flexibility index (Phi) is 3.69. The van der Waals surface area contributed by atoms with Crippen LogP contribution < -0.4 is 4.90 Å². The van der Waals surface area contributed by atoms with Crippen LogP contribution in [0, 0.1) is 12.8 Å². The third kappa shape index (κ3) is 2.58. The molecule has 78 valence electrons. The second kappa shape index (κ2) is 4.60. The molecule has 0 aliphatic heterocycles. The molecular weight excluding hydrogens is 198 g/mol. The smallest absolute Gasteiger partial charge is 0.137 e. The van der Waals surface area contributed by atoms with E-state index in [9.17, 15) is 0 Å². The minimum atomic E-state index is 0.533. The van der Waals surface area contributed by atoms with Crippen molar-refractivity contribution in [3.8, 4) is 0 Å². The van der Waals surface area contributed by atoms with Gasteiger partial charge in [-0.05, 0) is 12.8 Å². The molecule has 0 radical (unpaired) electrons. The highest BCUT2D eigenvalue weighted by Gasteiger charge is 2.10. The van der Waals surface area contributed by atoms with Crippen LogP contribution in [0.5, 0.6) is 0 Å². The van der Waals surface area contributed by atoms with E-state index in [1.54, 1.807) is 0 Å². The van der Waals surface area contributed by atoms with E-state index < -0.39 is 0 Å². The lowest BCUT2D eigenvalue weighted by atomic mass is 10.2. The van der Waals surface area contributed by atoms with Crippen molar-refractivity contribution in [3.63, 3.8) is 0 Å². The highest BCUT2D eigenvalue weighted by Crippen LogP contribution is 2.21. The normalized spacial score (nSPS) is 10.7.